The molecule has 2 N–H and O–H groups in total. The first kappa shape index (κ1) is 20.7. The molecule has 0 radical (unpaired) electrons. The number of halogens is 1. The molecule has 0 amide bonds. The number of pyridine rings is 2. The number of carboxylic acids is 1. The molecule has 3 heterocycles. The summed E-state index contributed by atoms with van der Waals surface area (Å²) >= 11 is 6.05. The summed E-state index contributed by atoms with van der Waals surface area (Å²) < 4.78 is 5.74. The van der Waals surface area contributed by atoms with Gasteiger partial charge in [0.05, 0.1) is 23.1 Å². The highest BCUT2D eigenvalue weighted by Gasteiger charge is 2.08. The molecule has 2 aromatic carbocycles. The number of imidazole rings is 1. The number of H-pyrrole nitrogens is 1. The molecule has 5 aromatic rings. The van der Waals surface area contributed by atoms with E-state index < -0.39 is 5.97 Å². The van der Waals surface area contributed by atoms with Gasteiger partial charge < -0.3 is 14.8 Å². The minimum absolute atomic E-state index is 0.0241. The van der Waals surface area contributed by atoms with Gasteiger partial charge in [0.2, 0.25) is 5.88 Å². The average molecular weight is 457 g/mol. The van der Waals surface area contributed by atoms with Crippen LogP contribution in [-0.2, 0) is 11.2 Å². The molecule has 33 heavy (non-hydrogen) atoms. The van der Waals surface area contributed by atoms with Gasteiger partial charge in [-0.3, -0.25) is 9.78 Å². The molecule has 0 saturated carbocycles. The Labute approximate surface area is 193 Å². The van der Waals surface area contributed by atoms with Crippen molar-refractivity contribution in [3.63, 3.8) is 0 Å². The van der Waals surface area contributed by atoms with Gasteiger partial charge in [-0.05, 0) is 54.1 Å². The average Bonchev–Trinajstić information content (AvgIpc) is 3.24. The summed E-state index contributed by atoms with van der Waals surface area (Å²) in [5, 5.41) is 9.50. The van der Waals surface area contributed by atoms with E-state index in [0.29, 0.717) is 22.2 Å². The molecule has 5 rings (SSSR count). The van der Waals surface area contributed by atoms with E-state index in [-0.39, 0.29) is 6.42 Å². The van der Waals surface area contributed by atoms with Crippen LogP contribution in [0.25, 0.3) is 33.7 Å². The van der Waals surface area contributed by atoms with Crippen molar-refractivity contribution in [1.29, 1.82) is 0 Å². The number of carboxylic acid groups (broad SMARTS) is 1. The molecule has 3 aromatic heterocycles. The van der Waals surface area contributed by atoms with E-state index in [2.05, 4.69) is 19.9 Å². The van der Waals surface area contributed by atoms with Crippen molar-refractivity contribution in [2.24, 2.45) is 0 Å². The zero-order valence-corrected chi connectivity index (χ0v) is 18.0. The lowest BCUT2D eigenvalue weighted by Crippen LogP contribution is -1.99. The Kier molecular flexibility index (Phi) is 5.46. The Hall–Kier alpha value is -4.23. The normalized spacial score (nSPS) is 10.9. The molecular weight excluding hydrogens is 440 g/mol. The second kappa shape index (κ2) is 8.72. The summed E-state index contributed by atoms with van der Waals surface area (Å²) in [7, 11) is 0. The standard InChI is InChI=1S/C25H17ClN4O3/c26-18-5-9-21-22(12-18)30-25(29-21)17-3-8-20(27-14-17)16-4-10-23(28-13-16)33-19-6-1-15(2-7-19)11-24(31)32/h1-10,12-14H,11H2,(H,29,30)(H,31,32). The lowest BCUT2D eigenvalue weighted by atomic mass is 10.1. The van der Waals surface area contributed by atoms with Crippen LogP contribution in [0, 0.1) is 0 Å². The molecule has 0 aliphatic rings. The third-order valence-corrected chi connectivity index (χ3v) is 5.25. The summed E-state index contributed by atoms with van der Waals surface area (Å²) in [6, 6.07) is 19.9. The fourth-order valence-corrected chi connectivity index (χ4v) is 3.56. The smallest absolute Gasteiger partial charge is 0.307 e. The molecule has 8 heteroatoms. The molecule has 0 bridgehead atoms. The quantitative estimate of drug-likeness (QED) is 0.337. The van der Waals surface area contributed by atoms with Crippen molar-refractivity contribution in [2.45, 2.75) is 6.42 Å². The molecular formula is C25H17ClN4O3. The minimum Gasteiger partial charge on any atom is -0.481 e. The summed E-state index contributed by atoms with van der Waals surface area (Å²) in [6.45, 7) is 0. The Balaban J connectivity index is 1.29. The zero-order valence-electron chi connectivity index (χ0n) is 17.2. The highest BCUT2D eigenvalue weighted by atomic mass is 35.5. The predicted octanol–water partition coefficient (Wildman–Crippen LogP) is 5.76. The second-order valence-electron chi connectivity index (χ2n) is 7.38. The summed E-state index contributed by atoms with van der Waals surface area (Å²) in [6.07, 6.45) is 3.43. The van der Waals surface area contributed by atoms with Crippen LogP contribution >= 0.6 is 11.6 Å². The monoisotopic (exact) mass is 456 g/mol. The van der Waals surface area contributed by atoms with Gasteiger partial charge >= 0.3 is 5.97 Å². The number of rotatable bonds is 6. The second-order valence-corrected chi connectivity index (χ2v) is 7.82. The SMILES string of the molecule is O=C(O)Cc1ccc(Oc2ccc(-c3ccc(-c4nc5ccc(Cl)cc5[nH]4)cn3)cn2)cc1. The van der Waals surface area contributed by atoms with Crippen LogP contribution in [0.15, 0.2) is 79.1 Å². The van der Waals surface area contributed by atoms with E-state index >= 15 is 0 Å². The lowest BCUT2D eigenvalue weighted by Gasteiger charge is -2.07. The number of hydrogen-bond donors (Lipinski definition) is 2. The van der Waals surface area contributed by atoms with E-state index in [1.165, 1.54) is 0 Å². The third kappa shape index (κ3) is 4.68. The Morgan fingerprint density at radius 2 is 1.73 bits per heavy atom. The van der Waals surface area contributed by atoms with Crippen LogP contribution in [-0.4, -0.2) is 31.0 Å². The number of carbonyl (C=O) groups is 1. The van der Waals surface area contributed by atoms with Gasteiger partial charge in [-0.2, -0.15) is 0 Å². The maximum Gasteiger partial charge on any atom is 0.307 e. The van der Waals surface area contributed by atoms with Crippen LogP contribution in [0.1, 0.15) is 5.56 Å². The van der Waals surface area contributed by atoms with Gasteiger partial charge in [0.25, 0.3) is 0 Å². The van der Waals surface area contributed by atoms with E-state index in [9.17, 15) is 4.79 Å². The third-order valence-electron chi connectivity index (χ3n) is 5.01. The van der Waals surface area contributed by atoms with Crippen molar-refractivity contribution in [3.8, 4) is 34.3 Å². The summed E-state index contributed by atoms with van der Waals surface area (Å²) in [5.41, 5.74) is 4.91. The van der Waals surface area contributed by atoms with Crippen molar-refractivity contribution in [1.82, 2.24) is 19.9 Å². The van der Waals surface area contributed by atoms with E-state index in [1.807, 2.05) is 36.4 Å². The maximum atomic E-state index is 10.8. The van der Waals surface area contributed by atoms with Crippen LogP contribution in [0.4, 0.5) is 0 Å². The lowest BCUT2D eigenvalue weighted by molar-refractivity contribution is -0.136. The molecule has 0 aliphatic carbocycles. The van der Waals surface area contributed by atoms with Crippen LogP contribution in [0.2, 0.25) is 5.02 Å². The largest absolute Gasteiger partial charge is 0.481 e. The molecule has 0 spiro atoms. The number of hydrogen-bond acceptors (Lipinski definition) is 5. The number of aromatic amines is 1. The van der Waals surface area contributed by atoms with Gasteiger partial charge in [-0.1, -0.05) is 23.7 Å². The Morgan fingerprint density at radius 1 is 0.939 bits per heavy atom. The summed E-state index contributed by atoms with van der Waals surface area (Å²) in [5.74, 6) is 0.869. The van der Waals surface area contributed by atoms with Crippen molar-refractivity contribution >= 4 is 28.6 Å². The molecule has 0 unspecified atom stereocenters. The summed E-state index contributed by atoms with van der Waals surface area (Å²) in [4.78, 5) is 27.5. The van der Waals surface area contributed by atoms with E-state index in [4.69, 9.17) is 21.4 Å². The molecule has 162 valence electrons. The Morgan fingerprint density at radius 3 is 2.42 bits per heavy atom. The van der Waals surface area contributed by atoms with Gasteiger partial charge in [-0.15, -0.1) is 0 Å². The first-order chi connectivity index (χ1) is 16.0. The van der Waals surface area contributed by atoms with Crippen LogP contribution < -0.4 is 4.74 Å². The number of fused-ring (bicyclic) bond motifs is 1. The van der Waals surface area contributed by atoms with Gasteiger partial charge in [-0.25, -0.2) is 9.97 Å². The van der Waals surface area contributed by atoms with Crippen molar-refractivity contribution in [3.05, 3.63) is 89.7 Å². The molecule has 7 nitrogen and oxygen atoms in total. The predicted molar refractivity (Wildman–Crippen MR) is 125 cm³/mol. The van der Waals surface area contributed by atoms with Crippen LogP contribution in [0.3, 0.4) is 0 Å². The number of benzene rings is 2. The highest BCUT2D eigenvalue weighted by molar-refractivity contribution is 6.31. The number of nitrogens with one attached hydrogen (secondary N) is 1. The molecule has 0 atom stereocenters. The fraction of sp³-hybridized carbons (Fsp3) is 0.0400. The highest BCUT2D eigenvalue weighted by Crippen LogP contribution is 2.26. The first-order valence-corrected chi connectivity index (χ1v) is 10.5. The number of nitrogens with zero attached hydrogens (tertiary/aromatic N) is 3. The molecule has 0 aliphatic heterocycles. The topological polar surface area (TPSA) is 101 Å². The van der Waals surface area contributed by atoms with E-state index in [0.717, 1.165) is 33.7 Å². The van der Waals surface area contributed by atoms with Gasteiger partial charge in [0.1, 0.15) is 11.6 Å². The minimum atomic E-state index is -0.870. The Bertz CT molecular complexity index is 1430. The maximum absolute atomic E-state index is 10.8. The van der Waals surface area contributed by atoms with Gasteiger partial charge in [0, 0.05) is 34.6 Å². The molecule has 0 fully saturated rings. The van der Waals surface area contributed by atoms with Crippen molar-refractivity contribution in [2.75, 3.05) is 0 Å². The van der Waals surface area contributed by atoms with Gasteiger partial charge in [0.15, 0.2) is 0 Å². The number of ether oxygens (including phenoxy) is 1. The number of aromatic nitrogens is 4. The first-order valence-electron chi connectivity index (χ1n) is 10.1. The zero-order chi connectivity index (χ0) is 22.8. The van der Waals surface area contributed by atoms with Crippen LogP contribution in [0.5, 0.6) is 11.6 Å². The fourth-order valence-electron chi connectivity index (χ4n) is 3.39. The van der Waals surface area contributed by atoms with Crippen molar-refractivity contribution < 1.29 is 14.6 Å². The number of aliphatic carboxylic acids is 1. The molecule has 0 saturated heterocycles. The van der Waals surface area contributed by atoms with E-state index in [1.54, 1.807) is 42.7 Å².